The van der Waals surface area contributed by atoms with Crippen LogP contribution >= 0.6 is 0 Å². The largest absolute Gasteiger partial charge is 0.477 e. The molecule has 2 aromatic rings. The van der Waals surface area contributed by atoms with Crippen molar-refractivity contribution in [3.8, 4) is 5.75 Å². The van der Waals surface area contributed by atoms with Gasteiger partial charge in [-0.3, -0.25) is 9.59 Å². The molecule has 0 aliphatic carbocycles. The van der Waals surface area contributed by atoms with E-state index in [1.54, 1.807) is 18.2 Å². The van der Waals surface area contributed by atoms with Gasteiger partial charge in [0.2, 0.25) is 5.91 Å². The van der Waals surface area contributed by atoms with Gasteiger partial charge in [0.25, 0.3) is 5.91 Å². The molecule has 3 rings (SSSR count). The average Bonchev–Trinajstić information content (AvgIpc) is 2.65. The van der Waals surface area contributed by atoms with Crippen molar-refractivity contribution < 1.29 is 14.3 Å². The Morgan fingerprint density at radius 1 is 1.18 bits per heavy atom. The molecule has 6 nitrogen and oxygen atoms in total. The molecule has 1 heterocycles. The SMILES string of the molecule is CC(C)(C)c1ccc(CCC(=O)Nc2ccc3c(c2)NCC(C(N)=O)O3)cc1. The summed E-state index contributed by atoms with van der Waals surface area (Å²) in [7, 11) is 0. The molecule has 1 aliphatic rings. The van der Waals surface area contributed by atoms with E-state index in [9.17, 15) is 9.59 Å². The van der Waals surface area contributed by atoms with Crippen LogP contribution in [-0.4, -0.2) is 24.5 Å². The van der Waals surface area contributed by atoms with E-state index in [1.165, 1.54) is 5.56 Å². The van der Waals surface area contributed by atoms with Crippen LogP contribution in [0, 0.1) is 0 Å². The van der Waals surface area contributed by atoms with Gasteiger partial charge in [0.15, 0.2) is 6.10 Å². The maximum atomic E-state index is 12.3. The number of hydrogen-bond acceptors (Lipinski definition) is 4. The molecule has 6 heteroatoms. The van der Waals surface area contributed by atoms with Gasteiger partial charge in [0.05, 0.1) is 12.2 Å². The van der Waals surface area contributed by atoms with Crippen LogP contribution in [0.3, 0.4) is 0 Å². The Balaban J connectivity index is 1.55. The van der Waals surface area contributed by atoms with Crippen molar-refractivity contribution in [1.82, 2.24) is 0 Å². The van der Waals surface area contributed by atoms with E-state index in [1.807, 2.05) is 0 Å². The third-order valence-electron chi connectivity index (χ3n) is 4.79. The summed E-state index contributed by atoms with van der Waals surface area (Å²) in [6, 6.07) is 13.7. The van der Waals surface area contributed by atoms with Gasteiger partial charge in [-0.05, 0) is 41.2 Å². The number of nitrogens with one attached hydrogen (secondary N) is 2. The predicted octanol–water partition coefficient (Wildman–Crippen LogP) is 3.21. The Labute approximate surface area is 165 Å². The molecule has 0 fully saturated rings. The fourth-order valence-electron chi connectivity index (χ4n) is 3.06. The summed E-state index contributed by atoms with van der Waals surface area (Å²) in [5, 5.41) is 6.01. The van der Waals surface area contributed by atoms with Crippen molar-refractivity contribution in [2.75, 3.05) is 17.2 Å². The van der Waals surface area contributed by atoms with Gasteiger partial charge in [0.1, 0.15) is 5.75 Å². The monoisotopic (exact) mass is 381 g/mol. The summed E-state index contributed by atoms with van der Waals surface area (Å²) in [6.07, 6.45) is 0.403. The highest BCUT2D eigenvalue weighted by Crippen LogP contribution is 2.31. The smallest absolute Gasteiger partial charge is 0.260 e. The second-order valence-electron chi connectivity index (χ2n) is 8.10. The van der Waals surface area contributed by atoms with Crippen LogP contribution in [0.5, 0.6) is 5.75 Å². The summed E-state index contributed by atoms with van der Waals surface area (Å²) in [4.78, 5) is 23.5. The van der Waals surface area contributed by atoms with E-state index >= 15 is 0 Å². The van der Waals surface area contributed by atoms with Crippen molar-refractivity contribution in [1.29, 1.82) is 0 Å². The molecule has 1 unspecified atom stereocenters. The molecule has 4 N–H and O–H groups in total. The molecule has 0 saturated carbocycles. The van der Waals surface area contributed by atoms with Crippen molar-refractivity contribution in [3.63, 3.8) is 0 Å². The van der Waals surface area contributed by atoms with E-state index in [0.29, 0.717) is 30.8 Å². The molecular formula is C22H27N3O3. The lowest BCUT2D eigenvalue weighted by Crippen LogP contribution is -2.41. The van der Waals surface area contributed by atoms with E-state index in [0.717, 1.165) is 11.3 Å². The molecular weight excluding hydrogens is 354 g/mol. The number of anilines is 2. The lowest BCUT2D eigenvalue weighted by Gasteiger charge is -2.25. The van der Waals surface area contributed by atoms with Gasteiger partial charge in [-0.2, -0.15) is 0 Å². The second kappa shape index (κ2) is 7.92. The highest BCUT2D eigenvalue weighted by atomic mass is 16.5. The molecule has 0 aromatic heterocycles. The van der Waals surface area contributed by atoms with Gasteiger partial charge < -0.3 is 21.1 Å². The molecule has 2 aromatic carbocycles. The number of amides is 2. The lowest BCUT2D eigenvalue weighted by molar-refractivity contribution is -0.124. The van der Waals surface area contributed by atoms with Gasteiger partial charge >= 0.3 is 0 Å². The standard InChI is InChI=1S/C22H27N3O3/c1-22(2,3)15-7-4-14(5-8-15)6-11-20(26)25-16-9-10-18-17(12-16)24-13-19(28-18)21(23)27/h4-5,7-10,12,19,24H,6,11,13H2,1-3H3,(H2,23,27)(H,25,26). The molecule has 0 spiro atoms. The summed E-state index contributed by atoms with van der Waals surface area (Å²) in [5.74, 6) is -0.00960. The summed E-state index contributed by atoms with van der Waals surface area (Å²) in [6.45, 7) is 6.86. The second-order valence-corrected chi connectivity index (χ2v) is 8.10. The Kier molecular flexibility index (Phi) is 5.58. The van der Waals surface area contributed by atoms with E-state index in [2.05, 4.69) is 55.7 Å². The number of aryl methyl sites for hydroxylation is 1. The van der Waals surface area contributed by atoms with Gasteiger partial charge in [-0.15, -0.1) is 0 Å². The van der Waals surface area contributed by atoms with E-state index in [-0.39, 0.29) is 11.3 Å². The summed E-state index contributed by atoms with van der Waals surface area (Å²) < 4.78 is 5.54. The van der Waals surface area contributed by atoms with Gasteiger partial charge in [0, 0.05) is 12.1 Å². The first-order chi connectivity index (χ1) is 13.2. The fraction of sp³-hybridized carbons (Fsp3) is 0.364. The maximum absolute atomic E-state index is 12.3. The van der Waals surface area contributed by atoms with Crippen LogP contribution in [0.4, 0.5) is 11.4 Å². The topological polar surface area (TPSA) is 93.5 Å². The first-order valence-electron chi connectivity index (χ1n) is 9.45. The molecule has 28 heavy (non-hydrogen) atoms. The van der Waals surface area contributed by atoms with Crippen molar-refractivity contribution in [2.45, 2.75) is 45.1 Å². The number of fused-ring (bicyclic) bond motifs is 1. The normalized spacial score (nSPS) is 15.8. The Hall–Kier alpha value is -3.02. The number of rotatable bonds is 5. The number of ether oxygens (including phenoxy) is 1. The minimum Gasteiger partial charge on any atom is -0.477 e. The molecule has 1 atom stereocenters. The quantitative estimate of drug-likeness (QED) is 0.741. The molecule has 0 bridgehead atoms. The maximum Gasteiger partial charge on any atom is 0.260 e. The Bertz CT molecular complexity index is 870. The third-order valence-corrected chi connectivity index (χ3v) is 4.79. The van der Waals surface area contributed by atoms with E-state index < -0.39 is 12.0 Å². The predicted molar refractivity (Wildman–Crippen MR) is 111 cm³/mol. The lowest BCUT2D eigenvalue weighted by atomic mass is 9.86. The van der Waals surface area contributed by atoms with E-state index in [4.69, 9.17) is 10.5 Å². The van der Waals surface area contributed by atoms with Crippen LogP contribution in [0.25, 0.3) is 0 Å². The van der Waals surface area contributed by atoms with Gasteiger partial charge in [-0.25, -0.2) is 0 Å². The van der Waals surface area contributed by atoms with Crippen molar-refractivity contribution >= 4 is 23.2 Å². The van der Waals surface area contributed by atoms with Crippen LogP contribution < -0.4 is 21.1 Å². The third kappa shape index (κ3) is 4.82. The van der Waals surface area contributed by atoms with Crippen LogP contribution in [0.1, 0.15) is 38.3 Å². The first kappa shape index (κ1) is 19.7. The number of carbonyl (C=O) groups is 2. The zero-order valence-electron chi connectivity index (χ0n) is 16.5. The number of nitrogens with two attached hydrogens (primary N) is 1. The van der Waals surface area contributed by atoms with Crippen molar-refractivity contribution in [2.24, 2.45) is 5.73 Å². The minimum absolute atomic E-state index is 0.0495. The summed E-state index contributed by atoms with van der Waals surface area (Å²) >= 11 is 0. The number of hydrogen-bond donors (Lipinski definition) is 3. The number of primary amides is 1. The van der Waals surface area contributed by atoms with Crippen LogP contribution in [0.2, 0.25) is 0 Å². The Morgan fingerprint density at radius 2 is 1.89 bits per heavy atom. The van der Waals surface area contributed by atoms with Gasteiger partial charge in [-0.1, -0.05) is 45.0 Å². The fourth-order valence-corrected chi connectivity index (χ4v) is 3.06. The molecule has 0 radical (unpaired) electrons. The Morgan fingerprint density at radius 3 is 2.54 bits per heavy atom. The molecule has 2 amide bonds. The minimum atomic E-state index is -0.683. The zero-order chi connectivity index (χ0) is 20.3. The van der Waals surface area contributed by atoms with Crippen molar-refractivity contribution in [3.05, 3.63) is 53.6 Å². The zero-order valence-corrected chi connectivity index (χ0v) is 16.5. The van der Waals surface area contributed by atoms with Crippen LogP contribution in [-0.2, 0) is 21.4 Å². The highest BCUT2D eigenvalue weighted by Gasteiger charge is 2.24. The number of benzene rings is 2. The highest BCUT2D eigenvalue weighted by molar-refractivity contribution is 5.92. The molecule has 1 aliphatic heterocycles. The van der Waals surface area contributed by atoms with Crippen LogP contribution in [0.15, 0.2) is 42.5 Å². The molecule has 0 saturated heterocycles. The number of carbonyl (C=O) groups excluding carboxylic acids is 2. The average molecular weight is 381 g/mol. The molecule has 148 valence electrons. The summed E-state index contributed by atoms with van der Waals surface area (Å²) in [5.41, 5.74) is 9.22. The first-order valence-corrected chi connectivity index (χ1v) is 9.45.